The van der Waals surface area contributed by atoms with Crippen LogP contribution in [0.3, 0.4) is 0 Å². The molecule has 116 valence electrons. The third kappa shape index (κ3) is 4.97. The summed E-state index contributed by atoms with van der Waals surface area (Å²) in [5.41, 5.74) is 0. The number of nitrogens with one attached hydrogen (secondary N) is 1. The first-order valence-electron chi connectivity index (χ1n) is 6.86. The van der Waals surface area contributed by atoms with Crippen molar-refractivity contribution in [2.75, 3.05) is 47.4 Å². The van der Waals surface area contributed by atoms with Gasteiger partial charge < -0.3 is 25.0 Å². The maximum atomic E-state index is 11.9. The van der Waals surface area contributed by atoms with E-state index in [1.165, 1.54) is 7.11 Å². The quantitative estimate of drug-likeness (QED) is 0.714. The summed E-state index contributed by atoms with van der Waals surface area (Å²) in [5, 5.41) is 12.2. The monoisotopic (exact) mass is 287 g/mol. The Bertz CT molecular complexity index is 328. The Morgan fingerprint density at radius 3 is 2.50 bits per heavy atom. The second-order valence-corrected chi connectivity index (χ2v) is 5.29. The standard InChI is InChI=1S/C13H25N3O4/c1-15(2)13(19)16-6-4-10(5-7-16)12(18)14-8-11(17)9-20-3/h10-11,17H,4-9H2,1-3H3,(H,14,18). The number of aliphatic hydroxyl groups is 1. The summed E-state index contributed by atoms with van der Waals surface area (Å²) in [4.78, 5) is 27.0. The van der Waals surface area contributed by atoms with Gasteiger partial charge in [-0.1, -0.05) is 0 Å². The smallest absolute Gasteiger partial charge is 0.319 e. The highest BCUT2D eigenvalue weighted by Gasteiger charge is 2.27. The fraction of sp³-hybridized carbons (Fsp3) is 0.846. The zero-order valence-corrected chi connectivity index (χ0v) is 12.5. The molecular formula is C13H25N3O4. The molecule has 7 heteroatoms. The number of amides is 3. The maximum Gasteiger partial charge on any atom is 0.319 e. The van der Waals surface area contributed by atoms with Crippen LogP contribution in [0.2, 0.25) is 0 Å². The van der Waals surface area contributed by atoms with Gasteiger partial charge in [-0.25, -0.2) is 4.79 Å². The Morgan fingerprint density at radius 1 is 1.40 bits per heavy atom. The van der Waals surface area contributed by atoms with Crippen molar-refractivity contribution in [1.82, 2.24) is 15.1 Å². The Labute approximate surface area is 119 Å². The van der Waals surface area contributed by atoms with Crippen LogP contribution in [0.4, 0.5) is 4.79 Å². The van der Waals surface area contributed by atoms with Gasteiger partial charge in [-0.15, -0.1) is 0 Å². The summed E-state index contributed by atoms with van der Waals surface area (Å²) < 4.78 is 4.79. The van der Waals surface area contributed by atoms with E-state index in [2.05, 4.69) is 5.32 Å². The van der Waals surface area contributed by atoms with E-state index in [-0.39, 0.29) is 31.0 Å². The molecule has 0 spiro atoms. The topological polar surface area (TPSA) is 82.1 Å². The van der Waals surface area contributed by atoms with Crippen molar-refractivity contribution in [1.29, 1.82) is 0 Å². The van der Waals surface area contributed by atoms with Crippen LogP contribution in [-0.4, -0.2) is 80.4 Å². The van der Waals surface area contributed by atoms with Gasteiger partial charge in [0.25, 0.3) is 0 Å². The molecule has 1 aliphatic rings. The van der Waals surface area contributed by atoms with Gasteiger partial charge in [-0.3, -0.25) is 4.79 Å². The van der Waals surface area contributed by atoms with Crippen LogP contribution in [0.25, 0.3) is 0 Å². The van der Waals surface area contributed by atoms with Crippen molar-refractivity contribution in [3.8, 4) is 0 Å². The summed E-state index contributed by atoms with van der Waals surface area (Å²) >= 11 is 0. The van der Waals surface area contributed by atoms with Crippen molar-refractivity contribution >= 4 is 11.9 Å². The number of carbonyl (C=O) groups excluding carboxylic acids is 2. The number of hydrogen-bond donors (Lipinski definition) is 2. The first kappa shape index (κ1) is 16.7. The number of likely N-dealkylation sites (tertiary alicyclic amines) is 1. The highest BCUT2D eigenvalue weighted by atomic mass is 16.5. The van der Waals surface area contributed by atoms with Gasteiger partial charge in [0, 0.05) is 46.8 Å². The summed E-state index contributed by atoms with van der Waals surface area (Å²) in [6.45, 7) is 1.59. The predicted octanol–water partition coefficient (Wildman–Crippen LogP) is -0.496. The molecule has 1 atom stereocenters. The van der Waals surface area contributed by atoms with Crippen LogP contribution >= 0.6 is 0 Å². The summed E-state index contributed by atoms with van der Waals surface area (Å²) in [6.07, 6.45) is 0.636. The Hall–Kier alpha value is -1.34. The van der Waals surface area contributed by atoms with E-state index >= 15 is 0 Å². The molecule has 0 aliphatic carbocycles. The first-order valence-corrected chi connectivity index (χ1v) is 6.86. The lowest BCUT2D eigenvalue weighted by Crippen LogP contribution is -2.47. The third-order valence-corrected chi connectivity index (χ3v) is 3.39. The number of rotatable bonds is 5. The van der Waals surface area contributed by atoms with Crippen molar-refractivity contribution < 1.29 is 19.4 Å². The fourth-order valence-electron chi connectivity index (χ4n) is 2.23. The minimum atomic E-state index is -0.681. The molecule has 1 saturated heterocycles. The third-order valence-electron chi connectivity index (χ3n) is 3.39. The molecule has 3 amide bonds. The molecule has 1 fully saturated rings. The van der Waals surface area contributed by atoms with Crippen molar-refractivity contribution in [2.45, 2.75) is 18.9 Å². The van der Waals surface area contributed by atoms with Gasteiger partial charge in [-0.2, -0.15) is 0 Å². The molecule has 0 saturated carbocycles. The molecule has 1 rings (SSSR count). The number of urea groups is 1. The van der Waals surface area contributed by atoms with E-state index in [0.29, 0.717) is 25.9 Å². The van der Waals surface area contributed by atoms with Crippen LogP contribution in [0.1, 0.15) is 12.8 Å². The molecule has 1 heterocycles. The molecule has 0 aromatic heterocycles. The van der Waals surface area contributed by atoms with Crippen LogP contribution in [-0.2, 0) is 9.53 Å². The van der Waals surface area contributed by atoms with Crippen LogP contribution in [0.15, 0.2) is 0 Å². The highest BCUT2D eigenvalue weighted by molar-refractivity contribution is 5.79. The Morgan fingerprint density at radius 2 is 2.00 bits per heavy atom. The van der Waals surface area contributed by atoms with E-state index in [1.807, 2.05) is 0 Å². The van der Waals surface area contributed by atoms with Crippen LogP contribution in [0, 0.1) is 5.92 Å². The number of hydrogen-bond acceptors (Lipinski definition) is 4. The SMILES string of the molecule is COCC(O)CNC(=O)C1CCN(C(=O)N(C)C)CC1. The lowest BCUT2D eigenvalue weighted by atomic mass is 9.96. The predicted molar refractivity (Wildman–Crippen MR) is 74.3 cm³/mol. The average molecular weight is 287 g/mol. The van der Waals surface area contributed by atoms with E-state index in [4.69, 9.17) is 4.74 Å². The zero-order chi connectivity index (χ0) is 15.1. The molecule has 0 aromatic rings. The number of carbonyl (C=O) groups is 2. The van der Waals surface area contributed by atoms with Crippen molar-refractivity contribution in [3.05, 3.63) is 0 Å². The normalized spacial score (nSPS) is 17.7. The minimum absolute atomic E-state index is 0.0145. The first-order chi connectivity index (χ1) is 9.45. The second-order valence-electron chi connectivity index (χ2n) is 5.29. The Balaban J connectivity index is 2.30. The fourth-order valence-corrected chi connectivity index (χ4v) is 2.23. The van der Waals surface area contributed by atoms with E-state index in [0.717, 1.165) is 0 Å². The van der Waals surface area contributed by atoms with Gasteiger partial charge in [0.1, 0.15) is 0 Å². The summed E-state index contributed by atoms with van der Waals surface area (Å²) in [5.74, 6) is -0.145. The summed E-state index contributed by atoms with van der Waals surface area (Å²) in [6, 6.07) is -0.0145. The lowest BCUT2D eigenvalue weighted by molar-refractivity contribution is -0.126. The molecule has 2 N–H and O–H groups in total. The van der Waals surface area contributed by atoms with E-state index < -0.39 is 6.10 Å². The van der Waals surface area contributed by atoms with E-state index in [1.54, 1.807) is 23.9 Å². The number of nitrogens with zero attached hydrogens (tertiary/aromatic N) is 2. The molecule has 0 radical (unpaired) electrons. The molecule has 20 heavy (non-hydrogen) atoms. The van der Waals surface area contributed by atoms with Gasteiger partial charge in [-0.05, 0) is 12.8 Å². The van der Waals surface area contributed by atoms with Crippen molar-refractivity contribution in [2.24, 2.45) is 5.92 Å². The van der Waals surface area contributed by atoms with Crippen LogP contribution < -0.4 is 5.32 Å². The summed E-state index contributed by atoms with van der Waals surface area (Å²) in [7, 11) is 4.94. The number of piperidine rings is 1. The zero-order valence-electron chi connectivity index (χ0n) is 12.5. The van der Waals surface area contributed by atoms with Gasteiger partial charge >= 0.3 is 6.03 Å². The molecule has 0 bridgehead atoms. The second kappa shape index (κ2) is 8.06. The molecule has 0 aromatic carbocycles. The largest absolute Gasteiger partial charge is 0.389 e. The molecular weight excluding hydrogens is 262 g/mol. The number of aliphatic hydroxyl groups excluding tert-OH is 1. The highest BCUT2D eigenvalue weighted by Crippen LogP contribution is 2.18. The number of methoxy groups -OCH3 is 1. The average Bonchev–Trinajstić information content (AvgIpc) is 2.44. The van der Waals surface area contributed by atoms with Gasteiger partial charge in [0.2, 0.25) is 5.91 Å². The van der Waals surface area contributed by atoms with Gasteiger partial charge in [0.05, 0.1) is 12.7 Å². The van der Waals surface area contributed by atoms with Gasteiger partial charge in [0.15, 0.2) is 0 Å². The van der Waals surface area contributed by atoms with Crippen LogP contribution in [0.5, 0.6) is 0 Å². The molecule has 1 unspecified atom stereocenters. The molecule has 1 aliphatic heterocycles. The minimum Gasteiger partial charge on any atom is -0.389 e. The van der Waals surface area contributed by atoms with E-state index in [9.17, 15) is 14.7 Å². The Kier molecular flexibility index (Phi) is 6.74. The molecule has 7 nitrogen and oxygen atoms in total. The van der Waals surface area contributed by atoms with Crippen molar-refractivity contribution in [3.63, 3.8) is 0 Å². The maximum absolute atomic E-state index is 11.9. The number of ether oxygens (including phenoxy) is 1. The lowest BCUT2D eigenvalue weighted by Gasteiger charge is -2.33.